The van der Waals surface area contributed by atoms with Crippen LogP contribution in [0.3, 0.4) is 0 Å². The maximum Gasteiger partial charge on any atom is 0.266 e. The Morgan fingerprint density at radius 2 is 1.96 bits per heavy atom. The molecule has 3 aromatic rings. The van der Waals surface area contributed by atoms with E-state index >= 15 is 0 Å². The Hall–Kier alpha value is -2.09. The van der Waals surface area contributed by atoms with E-state index in [4.69, 9.17) is 21.1 Å². The molecule has 0 unspecified atom stereocenters. The molecule has 4 rings (SSSR count). The number of halogens is 1. The first kappa shape index (κ1) is 17.3. The molecular formula is C19H12BrNO3S2. The number of hydrogen-bond donors (Lipinski definition) is 0. The molecule has 1 fully saturated rings. The van der Waals surface area contributed by atoms with Gasteiger partial charge < -0.3 is 8.83 Å². The van der Waals surface area contributed by atoms with Crippen LogP contribution in [0.4, 0.5) is 0 Å². The van der Waals surface area contributed by atoms with E-state index in [2.05, 4.69) is 15.9 Å². The first-order valence-electron chi connectivity index (χ1n) is 7.74. The van der Waals surface area contributed by atoms with Crippen LogP contribution < -0.4 is 0 Å². The second-order valence-electron chi connectivity index (χ2n) is 5.56. The van der Waals surface area contributed by atoms with Gasteiger partial charge >= 0.3 is 0 Å². The second kappa shape index (κ2) is 7.26. The van der Waals surface area contributed by atoms with Gasteiger partial charge in [-0.25, -0.2) is 0 Å². The van der Waals surface area contributed by atoms with Gasteiger partial charge in [0.2, 0.25) is 0 Å². The van der Waals surface area contributed by atoms with Crippen LogP contribution in [0.25, 0.3) is 17.4 Å². The maximum atomic E-state index is 12.6. The Balaban J connectivity index is 1.54. The van der Waals surface area contributed by atoms with Crippen molar-refractivity contribution >= 4 is 56.2 Å². The van der Waals surface area contributed by atoms with Gasteiger partial charge in [0.05, 0.1) is 17.7 Å². The van der Waals surface area contributed by atoms with Crippen molar-refractivity contribution in [1.29, 1.82) is 0 Å². The lowest BCUT2D eigenvalue weighted by Gasteiger charge is -2.11. The van der Waals surface area contributed by atoms with E-state index in [-0.39, 0.29) is 5.91 Å². The maximum absolute atomic E-state index is 12.6. The van der Waals surface area contributed by atoms with Gasteiger partial charge in [-0.05, 0) is 36.4 Å². The number of thiocarbonyl (C=S) groups is 1. The normalized spacial score (nSPS) is 16.0. The molecule has 0 aliphatic carbocycles. The van der Waals surface area contributed by atoms with Crippen molar-refractivity contribution in [3.63, 3.8) is 0 Å². The molecule has 1 amide bonds. The number of hydrogen-bond acceptors (Lipinski definition) is 5. The highest BCUT2D eigenvalue weighted by molar-refractivity contribution is 9.10. The van der Waals surface area contributed by atoms with Crippen molar-refractivity contribution in [2.75, 3.05) is 0 Å². The molecule has 3 heterocycles. The molecule has 26 heavy (non-hydrogen) atoms. The number of amides is 1. The van der Waals surface area contributed by atoms with E-state index in [1.165, 1.54) is 16.7 Å². The fraction of sp³-hybridized carbons (Fsp3) is 0.0526. The van der Waals surface area contributed by atoms with E-state index < -0.39 is 0 Å². The molecule has 0 N–H and O–H groups in total. The molecule has 0 spiro atoms. The van der Waals surface area contributed by atoms with Crippen molar-refractivity contribution in [2.45, 2.75) is 6.54 Å². The number of nitrogens with zero attached hydrogens (tertiary/aromatic N) is 1. The number of rotatable bonds is 4. The van der Waals surface area contributed by atoms with Crippen molar-refractivity contribution in [3.05, 3.63) is 75.7 Å². The zero-order valence-electron chi connectivity index (χ0n) is 13.3. The lowest BCUT2D eigenvalue weighted by atomic mass is 10.2. The van der Waals surface area contributed by atoms with Crippen molar-refractivity contribution < 1.29 is 13.6 Å². The van der Waals surface area contributed by atoms with Gasteiger partial charge in [0.25, 0.3) is 5.91 Å². The minimum atomic E-state index is -0.141. The zero-order valence-corrected chi connectivity index (χ0v) is 16.6. The smallest absolute Gasteiger partial charge is 0.266 e. The third-order valence-corrected chi connectivity index (χ3v) is 5.70. The SMILES string of the molecule is O=C1C(=Cc2ccc(-c3ccc(Br)cc3)o2)SC(=S)N1Cc1ccco1. The fourth-order valence-corrected chi connectivity index (χ4v) is 4.02. The Morgan fingerprint density at radius 3 is 2.69 bits per heavy atom. The molecule has 0 atom stereocenters. The van der Waals surface area contributed by atoms with E-state index in [1.54, 1.807) is 18.4 Å². The van der Waals surface area contributed by atoms with Crippen LogP contribution in [0.15, 0.2) is 73.0 Å². The van der Waals surface area contributed by atoms with Crippen LogP contribution in [-0.4, -0.2) is 15.1 Å². The van der Waals surface area contributed by atoms with E-state index in [9.17, 15) is 4.79 Å². The van der Waals surface area contributed by atoms with Gasteiger partial charge in [-0.1, -0.05) is 52.0 Å². The van der Waals surface area contributed by atoms with Gasteiger partial charge in [0, 0.05) is 16.1 Å². The summed E-state index contributed by atoms with van der Waals surface area (Å²) >= 11 is 10.0. The van der Waals surface area contributed by atoms with Crippen LogP contribution in [0.5, 0.6) is 0 Å². The lowest BCUT2D eigenvalue weighted by Crippen LogP contribution is -2.27. The molecule has 1 saturated heterocycles. The van der Waals surface area contributed by atoms with Crippen LogP contribution >= 0.6 is 39.9 Å². The summed E-state index contributed by atoms with van der Waals surface area (Å²) < 4.78 is 12.7. The van der Waals surface area contributed by atoms with Crippen molar-refractivity contribution in [2.24, 2.45) is 0 Å². The van der Waals surface area contributed by atoms with Gasteiger partial charge in [-0.15, -0.1) is 0 Å². The minimum absolute atomic E-state index is 0.141. The number of benzene rings is 1. The Morgan fingerprint density at radius 1 is 1.15 bits per heavy atom. The summed E-state index contributed by atoms with van der Waals surface area (Å²) in [5, 5.41) is 0. The highest BCUT2D eigenvalue weighted by Crippen LogP contribution is 2.34. The molecule has 7 heteroatoms. The molecule has 2 aromatic heterocycles. The van der Waals surface area contributed by atoms with Crippen LogP contribution in [0.1, 0.15) is 11.5 Å². The van der Waals surface area contributed by atoms with Gasteiger partial charge in [0.1, 0.15) is 21.6 Å². The van der Waals surface area contributed by atoms with Gasteiger partial charge in [-0.2, -0.15) is 0 Å². The summed E-state index contributed by atoms with van der Waals surface area (Å²) in [7, 11) is 0. The van der Waals surface area contributed by atoms with Gasteiger partial charge in [0.15, 0.2) is 0 Å². The first-order valence-corrected chi connectivity index (χ1v) is 9.75. The molecule has 1 aliphatic rings. The zero-order chi connectivity index (χ0) is 18.1. The monoisotopic (exact) mass is 445 g/mol. The Labute approximate surface area is 168 Å². The largest absolute Gasteiger partial charge is 0.467 e. The molecule has 1 aliphatic heterocycles. The standard InChI is InChI=1S/C19H12BrNO3S2/c20-13-5-3-12(4-6-13)16-8-7-14(24-16)10-17-18(22)21(19(25)26-17)11-15-2-1-9-23-15/h1-10H,11H2. The highest BCUT2D eigenvalue weighted by Gasteiger charge is 2.32. The predicted octanol–water partition coefficient (Wildman–Crippen LogP) is 5.70. The summed E-state index contributed by atoms with van der Waals surface area (Å²) in [6.07, 6.45) is 3.30. The number of carbonyl (C=O) groups is 1. The van der Waals surface area contributed by atoms with E-state index in [1.807, 2.05) is 42.5 Å². The molecular weight excluding hydrogens is 434 g/mol. The van der Waals surface area contributed by atoms with Crippen LogP contribution in [0, 0.1) is 0 Å². The average Bonchev–Trinajstić information content (AvgIpc) is 3.35. The second-order valence-corrected chi connectivity index (χ2v) is 8.15. The Bertz CT molecular complexity index is 990. The highest BCUT2D eigenvalue weighted by atomic mass is 79.9. The predicted molar refractivity (Wildman–Crippen MR) is 109 cm³/mol. The molecule has 0 saturated carbocycles. The molecule has 130 valence electrons. The third-order valence-electron chi connectivity index (χ3n) is 3.80. The topological polar surface area (TPSA) is 46.6 Å². The van der Waals surface area contributed by atoms with Gasteiger partial charge in [-0.3, -0.25) is 9.69 Å². The minimum Gasteiger partial charge on any atom is -0.467 e. The molecule has 0 radical (unpaired) electrons. The molecule has 0 bridgehead atoms. The Kier molecular flexibility index (Phi) is 4.84. The van der Waals surface area contributed by atoms with E-state index in [0.717, 1.165) is 15.8 Å². The summed E-state index contributed by atoms with van der Waals surface area (Å²) in [6.45, 7) is 0.331. The lowest BCUT2D eigenvalue weighted by molar-refractivity contribution is -0.122. The average molecular weight is 446 g/mol. The summed E-state index contributed by atoms with van der Waals surface area (Å²) in [5.74, 6) is 1.91. The first-order chi connectivity index (χ1) is 12.6. The van der Waals surface area contributed by atoms with E-state index in [0.29, 0.717) is 27.3 Å². The van der Waals surface area contributed by atoms with Crippen LogP contribution in [0.2, 0.25) is 0 Å². The summed E-state index contributed by atoms with van der Waals surface area (Å²) in [5.41, 5.74) is 0.971. The molecule has 1 aromatic carbocycles. The van der Waals surface area contributed by atoms with Crippen LogP contribution in [-0.2, 0) is 11.3 Å². The summed E-state index contributed by atoms with van der Waals surface area (Å²) in [4.78, 5) is 14.7. The number of furan rings is 2. The van der Waals surface area contributed by atoms with Crippen molar-refractivity contribution in [3.8, 4) is 11.3 Å². The summed E-state index contributed by atoms with van der Waals surface area (Å²) in [6, 6.07) is 15.2. The molecule has 4 nitrogen and oxygen atoms in total. The number of carbonyl (C=O) groups excluding carboxylic acids is 1. The van der Waals surface area contributed by atoms with Crippen molar-refractivity contribution in [1.82, 2.24) is 4.90 Å². The third kappa shape index (κ3) is 3.56. The quantitative estimate of drug-likeness (QED) is 0.380. The number of thioether (sulfide) groups is 1. The fourth-order valence-electron chi connectivity index (χ4n) is 2.52.